The van der Waals surface area contributed by atoms with Crippen LogP contribution in [0.3, 0.4) is 0 Å². The summed E-state index contributed by atoms with van der Waals surface area (Å²) in [5.74, 6) is 0. The number of nitrogen functional groups attached to an aromatic ring is 1. The number of hydrogen-bond donors (Lipinski definition) is 1. The highest BCUT2D eigenvalue weighted by molar-refractivity contribution is 5.67. The van der Waals surface area contributed by atoms with E-state index in [4.69, 9.17) is 5.73 Å². The van der Waals surface area contributed by atoms with Gasteiger partial charge in [0, 0.05) is 24.5 Å². The van der Waals surface area contributed by atoms with Crippen molar-refractivity contribution in [2.75, 3.05) is 23.7 Å². The highest BCUT2D eigenvalue weighted by atomic mass is 15.1. The largest absolute Gasteiger partial charge is 0.398 e. The molecule has 0 aromatic heterocycles. The lowest BCUT2D eigenvalue weighted by molar-refractivity contribution is 0.797. The second-order valence-electron chi connectivity index (χ2n) is 4.07. The molecule has 0 fully saturated rings. The molecule has 2 rings (SSSR count). The number of rotatable bonds is 2. The molecule has 2 heteroatoms. The number of nitrogens with zero attached hydrogens (tertiary/aromatic N) is 1. The molecule has 0 aliphatic carbocycles. The molecule has 2 nitrogen and oxygen atoms in total. The van der Waals surface area contributed by atoms with Crippen LogP contribution in [0, 0.1) is 6.92 Å². The maximum atomic E-state index is 5.92. The Bertz CT molecular complexity index is 344. The monoisotopic (exact) mass is 190 g/mol. The topological polar surface area (TPSA) is 29.3 Å². The summed E-state index contributed by atoms with van der Waals surface area (Å²) in [5, 5.41) is 0. The van der Waals surface area contributed by atoms with Crippen LogP contribution < -0.4 is 10.6 Å². The smallest absolute Gasteiger partial charge is 0.0420 e. The number of nitrogens with two attached hydrogens (primary N) is 1. The first-order chi connectivity index (χ1) is 6.72. The van der Waals surface area contributed by atoms with Crippen LogP contribution in [-0.2, 0) is 6.42 Å². The minimum absolute atomic E-state index is 0.923. The van der Waals surface area contributed by atoms with Gasteiger partial charge in [-0.1, -0.05) is 13.0 Å². The molecule has 1 aromatic rings. The Morgan fingerprint density at radius 2 is 2.21 bits per heavy atom. The van der Waals surface area contributed by atoms with Gasteiger partial charge in [-0.2, -0.15) is 0 Å². The van der Waals surface area contributed by atoms with E-state index in [0.29, 0.717) is 0 Å². The fourth-order valence-electron chi connectivity index (χ4n) is 2.15. The van der Waals surface area contributed by atoms with E-state index in [9.17, 15) is 0 Å². The van der Waals surface area contributed by atoms with Crippen molar-refractivity contribution in [1.29, 1.82) is 0 Å². The second-order valence-corrected chi connectivity index (χ2v) is 4.07. The summed E-state index contributed by atoms with van der Waals surface area (Å²) in [6.07, 6.45) is 2.38. The zero-order valence-corrected chi connectivity index (χ0v) is 9.01. The van der Waals surface area contributed by atoms with Crippen LogP contribution in [0.2, 0.25) is 0 Å². The average Bonchev–Trinajstić information content (AvgIpc) is 2.51. The molecule has 14 heavy (non-hydrogen) atoms. The molecule has 1 aliphatic heterocycles. The van der Waals surface area contributed by atoms with Crippen molar-refractivity contribution in [2.24, 2.45) is 0 Å². The summed E-state index contributed by atoms with van der Waals surface area (Å²) in [7, 11) is 0. The Kier molecular flexibility index (Phi) is 2.36. The van der Waals surface area contributed by atoms with Gasteiger partial charge in [-0.3, -0.25) is 0 Å². The van der Waals surface area contributed by atoms with Gasteiger partial charge in [-0.05, 0) is 37.0 Å². The lowest BCUT2D eigenvalue weighted by atomic mass is 10.1. The van der Waals surface area contributed by atoms with E-state index < -0.39 is 0 Å². The fraction of sp³-hybridized carbons (Fsp3) is 0.500. The zero-order valence-electron chi connectivity index (χ0n) is 9.01. The van der Waals surface area contributed by atoms with E-state index in [-0.39, 0.29) is 0 Å². The first kappa shape index (κ1) is 9.38. The van der Waals surface area contributed by atoms with Gasteiger partial charge in [0.05, 0.1) is 0 Å². The highest BCUT2D eigenvalue weighted by Gasteiger charge is 2.18. The van der Waals surface area contributed by atoms with E-state index in [1.807, 2.05) is 0 Å². The van der Waals surface area contributed by atoms with Gasteiger partial charge in [-0.15, -0.1) is 0 Å². The third-order valence-electron chi connectivity index (χ3n) is 2.95. The van der Waals surface area contributed by atoms with Crippen LogP contribution in [0.25, 0.3) is 0 Å². The highest BCUT2D eigenvalue weighted by Crippen LogP contribution is 2.31. The van der Waals surface area contributed by atoms with Gasteiger partial charge in [0.2, 0.25) is 0 Å². The number of benzene rings is 1. The summed E-state index contributed by atoms with van der Waals surface area (Å²) in [6.45, 7) is 6.61. The molecule has 0 atom stereocenters. The molecule has 0 unspecified atom stereocenters. The van der Waals surface area contributed by atoms with Crippen molar-refractivity contribution in [3.63, 3.8) is 0 Å². The van der Waals surface area contributed by atoms with Crippen molar-refractivity contribution < 1.29 is 0 Å². The van der Waals surface area contributed by atoms with Crippen LogP contribution >= 0.6 is 0 Å². The molecule has 1 aliphatic rings. The molecule has 0 amide bonds. The van der Waals surface area contributed by atoms with Crippen molar-refractivity contribution >= 4 is 11.4 Å². The first-order valence-corrected chi connectivity index (χ1v) is 5.36. The zero-order chi connectivity index (χ0) is 10.1. The lowest BCUT2D eigenvalue weighted by Gasteiger charge is -2.18. The molecular weight excluding hydrogens is 172 g/mol. The molecule has 76 valence electrons. The van der Waals surface area contributed by atoms with E-state index in [2.05, 4.69) is 30.9 Å². The minimum atomic E-state index is 0.923. The average molecular weight is 190 g/mol. The molecule has 0 bridgehead atoms. The summed E-state index contributed by atoms with van der Waals surface area (Å²) in [5.41, 5.74) is 10.9. The molecule has 2 N–H and O–H groups in total. The van der Waals surface area contributed by atoms with Crippen molar-refractivity contribution in [1.82, 2.24) is 0 Å². The van der Waals surface area contributed by atoms with Crippen LogP contribution in [0.1, 0.15) is 24.5 Å². The van der Waals surface area contributed by atoms with Gasteiger partial charge in [0.1, 0.15) is 0 Å². The molecule has 1 aromatic carbocycles. The predicted octanol–water partition coefficient (Wildman–Crippen LogP) is 2.35. The Morgan fingerprint density at radius 3 is 2.93 bits per heavy atom. The minimum Gasteiger partial charge on any atom is -0.398 e. The van der Waals surface area contributed by atoms with Gasteiger partial charge in [0.25, 0.3) is 0 Å². The molecule has 0 saturated heterocycles. The third-order valence-corrected chi connectivity index (χ3v) is 2.95. The van der Waals surface area contributed by atoms with E-state index >= 15 is 0 Å². The van der Waals surface area contributed by atoms with Gasteiger partial charge in [-0.25, -0.2) is 0 Å². The standard InChI is InChI=1S/C12H18N2/c1-3-5-14-6-4-10-7-9(2)11(13)8-12(10)14/h7-8H,3-6,13H2,1-2H3. The first-order valence-electron chi connectivity index (χ1n) is 5.36. The summed E-state index contributed by atoms with van der Waals surface area (Å²) >= 11 is 0. The Labute approximate surface area is 85.7 Å². The maximum Gasteiger partial charge on any atom is 0.0420 e. The van der Waals surface area contributed by atoms with Gasteiger partial charge < -0.3 is 10.6 Å². The number of hydrogen-bond acceptors (Lipinski definition) is 2. The van der Waals surface area contributed by atoms with Crippen LogP contribution in [0.5, 0.6) is 0 Å². The Balaban J connectivity index is 2.35. The van der Waals surface area contributed by atoms with E-state index in [0.717, 1.165) is 18.8 Å². The third kappa shape index (κ3) is 1.45. The van der Waals surface area contributed by atoms with Crippen molar-refractivity contribution in [3.05, 3.63) is 23.3 Å². The van der Waals surface area contributed by atoms with Gasteiger partial charge in [0.15, 0.2) is 0 Å². The summed E-state index contributed by atoms with van der Waals surface area (Å²) < 4.78 is 0. The molecule has 0 spiro atoms. The van der Waals surface area contributed by atoms with E-state index in [1.54, 1.807) is 0 Å². The second kappa shape index (κ2) is 3.52. The molecule has 1 heterocycles. The van der Waals surface area contributed by atoms with E-state index in [1.165, 1.54) is 29.7 Å². The molecule has 0 radical (unpaired) electrons. The SMILES string of the molecule is CCCN1CCc2cc(C)c(N)cc21. The lowest BCUT2D eigenvalue weighted by Crippen LogP contribution is -2.21. The molecular formula is C12H18N2. The Morgan fingerprint density at radius 1 is 1.43 bits per heavy atom. The van der Waals surface area contributed by atoms with Crippen molar-refractivity contribution in [2.45, 2.75) is 26.7 Å². The predicted molar refractivity (Wildman–Crippen MR) is 61.8 cm³/mol. The normalized spacial score (nSPS) is 14.6. The summed E-state index contributed by atoms with van der Waals surface area (Å²) in [6, 6.07) is 4.37. The Hall–Kier alpha value is -1.18. The number of fused-ring (bicyclic) bond motifs is 1. The van der Waals surface area contributed by atoms with Crippen LogP contribution in [0.4, 0.5) is 11.4 Å². The molecule has 0 saturated carbocycles. The fourth-order valence-corrected chi connectivity index (χ4v) is 2.15. The summed E-state index contributed by atoms with van der Waals surface area (Å²) in [4.78, 5) is 2.44. The number of anilines is 2. The quantitative estimate of drug-likeness (QED) is 0.725. The van der Waals surface area contributed by atoms with Gasteiger partial charge >= 0.3 is 0 Å². The van der Waals surface area contributed by atoms with Crippen LogP contribution in [0.15, 0.2) is 12.1 Å². The van der Waals surface area contributed by atoms with Crippen LogP contribution in [-0.4, -0.2) is 13.1 Å². The number of aryl methyl sites for hydroxylation is 1. The maximum absolute atomic E-state index is 5.92. The van der Waals surface area contributed by atoms with Crippen molar-refractivity contribution in [3.8, 4) is 0 Å².